The van der Waals surface area contributed by atoms with Crippen LogP contribution >= 0.6 is 23.1 Å². The monoisotopic (exact) mass is 371 g/mol. The zero-order valence-electron chi connectivity index (χ0n) is 15.6. The van der Waals surface area contributed by atoms with Gasteiger partial charge in [0.1, 0.15) is 5.75 Å². The Morgan fingerprint density at radius 2 is 1.92 bits per heavy atom. The molecule has 1 aromatic heterocycles. The molecule has 1 heterocycles. The number of thioether (sulfide) groups is 1. The largest absolute Gasteiger partial charge is 0.494 e. The normalized spacial score (nSPS) is 11.9. The average molecular weight is 372 g/mol. The predicted molar refractivity (Wildman–Crippen MR) is 110 cm³/mol. The molecule has 0 amide bonds. The lowest BCUT2D eigenvalue weighted by atomic mass is 9.85. The van der Waals surface area contributed by atoms with Gasteiger partial charge in [-0.1, -0.05) is 56.3 Å². The highest BCUT2D eigenvalue weighted by molar-refractivity contribution is 8.00. The molecule has 2 nitrogen and oxygen atoms in total. The van der Waals surface area contributed by atoms with E-state index in [9.17, 15) is 0 Å². The van der Waals surface area contributed by atoms with Crippen molar-refractivity contribution in [3.8, 4) is 5.75 Å². The number of hydrogen-bond donors (Lipinski definition) is 0. The van der Waals surface area contributed by atoms with Crippen molar-refractivity contribution in [3.05, 3.63) is 53.1 Å². The molecule has 0 saturated carbocycles. The summed E-state index contributed by atoms with van der Waals surface area (Å²) in [5.74, 6) is 1.87. The lowest BCUT2D eigenvalue weighted by Crippen LogP contribution is -2.11. The van der Waals surface area contributed by atoms with Gasteiger partial charge in [0.15, 0.2) is 4.34 Å². The van der Waals surface area contributed by atoms with Crippen LogP contribution in [0.15, 0.2) is 40.7 Å². The second-order valence-electron chi connectivity index (χ2n) is 7.29. The van der Waals surface area contributed by atoms with Crippen LogP contribution in [-0.4, -0.2) is 11.6 Å². The van der Waals surface area contributed by atoms with Gasteiger partial charge in [0.25, 0.3) is 0 Å². The van der Waals surface area contributed by atoms with E-state index in [0.29, 0.717) is 6.61 Å². The molecule has 132 valence electrons. The van der Waals surface area contributed by atoms with Crippen LogP contribution in [-0.2, 0) is 11.2 Å². The zero-order chi connectivity index (χ0) is 18.0. The summed E-state index contributed by atoms with van der Waals surface area (Å²) >= 11 is 3.56. The van der Waals surface area contributed by atoms with E-state index in [1.54, 1.807) is 11.3 Å². The molecular formula is C21H25NOS2. The number of ether oxygens (including phenoxy) is 1. The second kappa shape index (κ2) is 7.38. The van der Waals surface area contributed by atoms with Crippen LogP contribution in [0.2, 0.25) is 0 Å². The molecule has 25 heavy (non-hydrogen) atoms. The van der Waals surface area contributed by atoms with Crippen LogP contribution in [0.5, 0.6) is 5.75 Å². The van der Waals surface area contributed by atoms with Gasteiger partial charge >= 0.3 is 0 Å². The molecule has 0 aliphatic rings. The van der Waals surface area contributed by atoms with Gasteiger partial charge in [-0.3, -0.25) is 0 Å². The summed E-state index contributed by atoms with van der Waals surface area (Å²) in [6.45, 7) is 11.7. The van der Waals surface area contributed by atoms with E-state index in [2.05, 4.69) is 52.0 Å². The summed E-state index contributed by atoms with van der Waals surface area (Å²) in [6, 6.07) is 13.0. The minimum atomic E-state index is 0.178. The molecule has 0 aliphatic carbocycles. The first-order valence-corrected chi connectivity index (χ1v) is 10.4. The van der Waals surface area contributed by atoms with Crippen LogP contribution < -0.4 is 4.74 Å². The maximum absolute atomic E-state index is 5.58. The molecule has 0 saturated heterocycles. The molecule has 3 rings (SSSR count). The molecule has 2 aromatic carbocycles. The first-order valence-electron chi connectivity index (χ1n) is 8.62. The summed E-state index contributed by atoms with van der Waals surface area (Å²) in [7, 11) is 0. The number of thiazole rings is 1. The number of fused-ring (bicyclic) bond motifs is 1. The van der Waals surface area contributed by atoms with Crippen molar-refractivity contribution in [2.45, 2.75) is 50.1 Å². The Morgan fingerprint density at radius 1 is 1.12 bits per heavy atom. The van der Waals surface area contributed by atoms with Gasteiger partial charge in [-0.05, 0) is 48.6 Å². The first-order chi connectivity index (χ1) is 11.8. The minimum Gasteiger partial charge on any atom is -0.494 e. The second-order valence-corrected chi connectivity index (χ2v) is 9.54. The van der Waals surface area contributed by atoms with Gasteiger partial charge in [0, 0.05) is 5.75 Å². The van der Waals surface area contributed by atoms with E-state index in [1.807, 2.05) is 30.8 Å². The fourth-order valence-corrected chi connectivity index (χ4v) is 4.75. The highest BCUT2D eigenvalue weighted by atomic mass is 32.2. The van der Waals surface area contributed by atoms with E-state index < -0.39 is 0 Å². The fraction of sp³-hybridized carbons (Fsp3) is 0.381. The van der Waals surface area contributed by atoms with Crippen LogP contribution in [0.1, 0.15) is 44.4 Å². The standard InChI is InChI=1S/C21H25NOS2/c1-6-23-17-7-8-18-19(12-17)25-20(22-18)24-13-15-9-14(2)10-16(11-15)21(3,4)5/h7-12H,6,13H2,1-5H3. The van der Waals surface area contributed by atoms with Gasteiger partial charge < -0.3 is 4.74 Å². The summed E-state index contributed by atoms with van der Waals surface area (Å²) in [5.41, 5.74) is 5.32. The van der Waals surface area contributed by atoms with Gasteiger partial charge in [0.05, 0.1) is 16.8 Å². The first kappa shape index (κ1) is 18.3. The molecule has 0 atom stereocenters. The van der Waals surface area contributed by atoms with E-state index in [-0.39, 0.29) is 5.41 Å². The molecule has 4 heteroatoms. The molecule has 0 radical (unpaired) electrons. The predicted octanol–water partition coefficient (Wildman–Crippen LogP) is 6.59. The third-order valence-corrected chi connectivity index (χ3v) is 6.25. The molecule has 0 fully saturated rings. The van der Waals surface area contributed by atoms with Crippen LogP contribution in [0.3, 0.4) is 0 Å². The molecule has 0 bridgehead atoms. The lowest BCUT2D eigenvalue weighted by Gasteiger charge is -2.20. The number of hydrogen-bond acceptors (Lipinski definition) is 4. The number of benzene rings is 2. The van der Waals surface area contributed by atoms with E-state index in [1.165, 1.54) is 21.4 Å². The van der Waals surface area contributed by atoms with Gasteiger partial charge in [-0.2, -0.15) is 0 Å². The van der Waals surface area contributed by atoms with E-state index in [4.69, 9.17) is 9.72 Å². The van der Waals surface area contributed by atoms with Crippen molar-refractivity contribution < 1.29 is 4.74 Å². The number of aryl methyl sites for hydroxylation is 1. The fourth-order valence-electron chi connectivity index (χ4n) is 2.73. The Hall–Kier alpha value is -1.52. The molecule has 0 unspecified atom stereocenters. The average Bonchev–Trinajstić information content (AvgIpc) is 2.94. The Bertz CT molecular complexity index is 877. The maximum Gasteiger partial charge on any atom is 0.151 e. The van der Waals surface area contributed by atoms with Crippen molar-refractivity contribution in [1.29, 1.82) is 0 Å². The molecule has 0 N–H and O–H groups in total. The third kappa shape index (κ3) is 4.56. The Labute approximate surface area is 158 Å². The van der Waals surface area contributed by atoms with Crippen molar-refractivity contribution in [2.24, 2.45) is 0 Å². The van der Waals surface area contributed by atoms with Crippen LogP contribution in [0.25, 0.3) is 10.2 Å². The smallest absolute Gasteiger partial charge is 0.151 e. The van der Waals surface area contributed by atoms with Crippen molar-refractivity contribution in [2.75, 3.05) is 6.61 Å². The highest BCUT2D eigenvalue weighted by Crippen LogP contribution is 2.34. The molecule has 0 spiro atoms. The Morgan fingerprint density at radius 3 is 2.64 bits per heavy atom. The van der Waals surface area contributed by atoms with Gasteiger partial charge in [0.2, 0.25) is 0 Å². The summed E-state index contributed by atoms with van der Waals surface area (Å²) in [4.78, 5) is 4.75. The summed E-state index contributed by atoms with van der Waals surface area (Å²) in [6.07, 6.45) is 0. The van der Waals surface area contributed by atoms with Crippen molar-refractivity contribution in [1.82, 2.24) is 4.98 Å². The third-order valence-electron chi connectivity index (χ3n) is 4.02. The SMILES string of the molecule is CCOc1ccc2nc(SCc3cc(C)cc(C(C)(C)C)c3)sc2c1. The molecule has 3 aromatic rings. The Balaban J connectivity index is 1.77. The zero-order valence-corrected chi connectivity index (χ0v) is 17.2. The van der Waals surface area contributed by atoms with Crippen LogP contribution in [0, 0.1) is 6.92 Å². The number of rotatable bonds is 5. The van der Waals surface area contributed by atoms with Crippen LogP contribution in [0.4, 0.5) is 0 Å². The van der Waals surface area contributed by atoms with E-state index >= 15 is 0 Å². The molecule has 0 aliphatic heterocycles. The van der Waals surface area contributed by atoms with Gasteiger partial charge in [-0.15, -0.1) is 11.3 Å². The summed E-state index contributed by atoms with van der Waals surface area (Å²) < 4.78 is 7.88. The quantitative estimate of drug-likeness (QED) is 0.472. The van der Waals surface area contributed by atoms with Crippen molar-refractivity contribution in [3.63, 3.8) is 0 Å². The maximum atomic E-state index is 5.58. The minimum absolute atomic E-state index is 0.178. The number of aromatic nitrogens is 1. The highest BCUT2D eigenvalue weighted by Gasteiger charge is 2.15. The summed E-state index contributed by atoms with van der Waals surface area (Å²) in [5, 5.41) is 0. The Kier molecular flexibility index (Phi) is 5.40. The molecular weight excluding hydrogens is 346 g/mol. The topological polar surface area (TPSA) is 22.1 Å². The van der Waals surface area contributed by atoms with Crippen molar-refractivity contribution >= 4 is 33.3 Å². The lowest BCUT2D eigenvalue weighted by molar-refractivity contribution is 0.341. The van der Waals surface area contributed by atoms with Gasteiger partial charge in [-0.25, -0.2) is 4.98 Å². The van der Waals surface area contributed by atoms with E-state index in [0.717, 1.165) is 21.4 Å². The number of nitrogens with zero attached hydrogens (tertiary/aromatic N) is 1.